The van der Waals surface area contributed by atoms with Crippen molar-refractivity contribution in [3.05, 3.63) is 27.8 Å². The van der Waals surface area contributed by atoms with E-state index in [0.29, 0.717) is 11.8 Å². The molecule has 0 saturated carbocycles. The van der Waals surface area contributed by atoms with Gasteiger partial charge in [-0.15, -0.1) is 0 Å². The van der Waals surface area contributed by atoms with E-state index < -0.39 is 0 Å². The van der Waals surface area contributed by atoms with Crippen molar-refractivity contribution in [3.8, 4) is 5.75 Å². The number of fused-ring (bicyclic) bond motifs is 1. The summed E-state index contributed by atoms with van der Waals surface area (Å²) in [7, 11) is 0. The molecule has 3 rings (SSSR count). The topological polar surface area (TPSA) is 32.3 Å². The van der Waals surface area contributed by atoms with E-state index in [1.807, 2.05) is 0 Å². The highest BCUT2D eigenvalue weighted by Crippen LogP contribution is 2.41. The third-order valence-electron chi connectivity index (χ3n) is 4.80. The molecular weight excluding hydrogens is 222 g/mol. The molecule has 0 aromatic heterocycles. The molecule has 2 N–H and O–H groups in total. The molecule has 1 unspecified atom stereocenters. The van der Waals surface area contributed by atoms with Crippen LogP contribution in [0.25, 0.3) is 0 Å². The smallest absolute Gasteiger partial charge is 0.123 e. The molecule has 1 aromatic carbocycles. The first-order chi connectivity index (χ1) is 8.70. The fourth-order valence-corrected chi connectivity index (χ4v) is 3.78. The maximum Gasteiger partial charge on any atom is 0.123 e. The van der Waals surface area contributed by atoms with E-state index in [1.54, 1.807) is 0 Å². The zero-order valence-electron chi connectivity index (χ0n) is 11.5. The van der Waals surface area contributed by atoms with Gasteiger partial charge in [0.05, 0.1) is 0 Å². The monoisotopic (exact) mass is 245 g/mol. The summed E-state index contributed by atoms with van der Waals surface area (Å²) in [5.41, 5.74) is 6.63. The van der Waals surface area contributed by atoms with Crippen molar-refractivity contribution >= 4 is 0 Å². The summed E-state index contributed by atoms with van der Waals surface area (Å²) >= 11 is 0. The van der Waals surface area contributed by atoms with Crippen LogP contribution in [-0.4, -0.2) is 11.7 Å². The molecule has 1 aromatic rings. The number of aromatic hydroxyl groups is 1. The molecule has 18 heavy (non-hydrogen) atoms. The average molecular weight is 245 g/mol. The van der Waals surface area contributed by atoms with E-state index in [-0.39, 0.29) is 0 Å². The van der Waals surface area contributed by atoms with Gasteiger partial charge in [-0.1, -0.05) is 0 Å². The van der Waals surface area contributed by atoms with Crippen LogP contribution < -0.4 is 5.32 Å². The first-order valence-electron chi connectivity index (χ1n) is 7.27. The predicted molar refractivity (Wildman–Crippen MR) is 74.2 cm³/mol. The average Bonchev–Trinajstić information content (AvgIpc) is 2.90. The van der Waals surface area contributed by atoms with E-state index in [2.05, 4.69) is 19.2 Å². The van der Waals surface area contributed by atoms with Gasteiger partial charge < -0.3 is 10.4 Å². The number of phenols is 1. The second-order valence-electron chi connectivity index (χ2n) is 5.83. The van der Waals surface area contributed by atoms with Crippen molar-refractivity contribution in [1.82, 2.24) is 5.32 Å². The Balaban J connectivity index is 2.16. The van der Waals surface area contributed by atoms with Crippen LogP contribution in [0.1, 0.15) is 59.5 Å². The van der Waals surface area contributed by atoms with Gasteiger partial charge in [-0.05, 0) is 81.2 Å². The Labute approximate surface area is 109 Å². The van der Waals surface area contributed by atoms with Gasteiger partial charge in [0.15, 0.2) is 0 Å². The molecule has 2 aliphatic rings. The molecule has 2 nitrogen and oxygen atoms in total. The van der Waals surface area contributed by atoms with E-state index >= 15 is 0 Å². The number of nitrogens with one attached hydrogen (secondary N) is 1. The molecule has 0 amide bonds. The van der Waals surface area contributed by atoms with Crippen molar-refractivity contribution < 1.29 is 5.11 Å². The molecule has 1 fully saturated rings. The van der Waals surface area contributed by atoms with Crippen LogP contribution in [0.3, 0.4) is 0 Å². The van der Waals surface area contributed by atoms with Crippen LogP contribution in [0.5, 0.6) is 5.75 Å². The molecule has 2 heteroatoms. The summed E-state index contributed by atoms with van der Waals surface area (Å²) in [5, 5.41) is 14.1. The molecule has 0 bridgehead atoms. The highest BCUT2D eigenvalue weighted by molar-refractivity contribution is 5.56. The zero-order chi connectivity index (χ0) is 12.7. The van der Waals surface area contributed by atoms with Crippen LogP contribution >= 0.6 is 0 Å². The molecule has 0 spiro atoms. The largest absolute Gasteiger partial charge is 0.507 e. The number of hydrogen-bond donors (Lipinski definition) is 2. The summed E-state index contributed by atoms with van der Waals surface area (Å²) < 4.78 is 0. The Morgan fingerprint density at radius 1 is 1.00 bits per heavy atom. The summed E-state index contributed by atoms with van der Waals surface area (Å²) in [6.45, 7) is 5.38. The lowest BCUT2D eigenvalue weighted by molar-refractivity contribution is 0.448. The maximum atomic E-state index is 10.6. The Hall–Kier alpha value is -1.02. The van der Waals surface area contributed by atoms with Crippen LogP contribution in [0, 0.1) is 13.8 Å². The molecular formula is C16H23NO. The molecule has 1 heterocycles. The van der Waals surface area contributed by atoms with Gasteiger partial charge >= 0.3 is 0 Å². The SMILES string of the molecule is Cc1c(O)c(C2CCCN2)c(C)c2c1CCCC2. The fourth-order valence-electron chi connectivity index (χ4n) is 3.78. The van der Waals surface area contributed by atoms with Crippen molar-refractivity contribution in [2.75, 3.05) is 6.54 Å². The Morgan fingerprint density at radius 2 is 1.67 bits per heavy atom. The number of phenolic OH excluding ortho intramolecular Hbond substituents is 1. The number of rotatable bonds is 1. The van der Waals surface area contributed by atoms with Gasteiger partial charge in [0.2, 0.25) is 0 Å². The third kappa shape index (κ3) is 1.74. The standard InChI is InChI=1S/C16H23NO/c1-10-12-6-3-4-7-13(12)11(2)16(18)15(10)14-8-5-9-17-14/h14,17-18H,3-9H2,1-2H3. The highest BCUT2D eigenvalue weighted by atomic mass is 16.3. The molecule has 1 aliphatic heterocycles. The first kappa shape index (κ1) is 12.0. The van der Waals surface area contributed by atoms with Crippen LogP contribution in [0.2, 0.25) is 0 Å². The van der Waals surface area contributed by atoms with Gasteiger partial charge in [0, 0.05) is 11.6 Å². The first-order valence-corrected chi connectivity index (χ1v) is 7.27. The van der Waals surface area contributed by atoms with Crippen molar-refractivity contribution in [1.29, 1.82) is 0 Å². The van der Waals surface area contributed by atoms with E-state index in [1.165, 1.54) is 47.9 Å². The van der Waals surface area contributed by atoms with Gasteiger partial charge in [-0.3, -0.25) is 0 Å². The predicted octanol–water partition coefficient (Wildman–Crippen LogP) is 3.31. The lowest BCUT2D eigenvalue weighted by atomic mass is 9.81. The van der Waals surface area contributed by atoms with Gasteiger partial charge in [-0.2, -0.15) is 0 Å². The molecule has 0 radical (unpaired) electrons. The van der Waals surface area contributed by atoms with Crippen LogP contribution in [-0.2, 0) is 12.8 Å². The summed E-state index contributed by atoms with van der Waals surface area (Å²) in [6.07, 6.45) is 7.30. The molecule has 1 atom stereocenters. The second-order valence-corrected chi connectivity index (χ2v) is 5.83. The second kappa shape index (κ2) is 4.58. The summed E-state index contributed by atoms with van der Waals surface area (Å²) in [4.78, 5) is 0. The van der Waals surface area contributed by atoms with E-state index in [9.17, 15) is 5.11 Å². The molecule has 1 aliphatic carbocycles. The minimum atomic E-state index is 0.371. The summed E-state index contributed by atoms with van der Waals surface area (Å²) in [5.74, 6) is 0.563. The van der Waals surface area contributed by atoms with Gasteiger partial charge in [0.1, 0.15) is 5.75 Å². The highest BCUT2D eigenvalue weighted by Gasteiger charge is 2.27. The third-order valence-corrected chi connectivity index (χ3v) is 4.80. The zero-order valence-corrected chi connectivity index (χ0v) is 11.5. The summed E-state index contributed by atoms with van der Waals surface area (Å²) in [6, 6.07) is 0.371. The minimum Gasteiger partial charge on any atom is -0.507 e. The quantitative estimate of drug-likeness (QED) is 0.795. The maximum absolute atomic E-state index is 10.6. The van der Waals surface area contributed by atoms with E-state index in [4.69, 9.17) is 0 Å². The van der Waals surface area contributed by atoms with Gasteiger partial charge in [0.25, 0.3) is 0 Å². The lowest BCUT2D eigenvalue weighted by Gasteiger charge is -2.26. The Kier molecular flexibility index (Phi) is 3.06. The van der Waals surface area contributed by atoms with E-state index in [0.717, 1.165) is 24.9 Å². The molecule has 1 saturated heterocycles. The fraction of sp³-hybridized carbons (Fsp3) is 0.625. The Morgan fingerprint density at radius 3 is 2.28 bits per heavy atom. The van der Waals surface area contributed by atoms with Gasteiger partial charge in [-0.25, -0.2) is 0 Å². The van der Waals surface area contributed by atoms with Crippen molar-refractivity contribution in [2.24, 2.45) is 0 Å². The minimum absolute atomic E-state index is 0.371. The van der Waals surface area contributed by atoms with Crippen LogP contribution in [0.4, 0.5) is 0 Å². The normalized spacial score (nSPS) is 23.1. The van der Waals surface area contributed by atoms with Crippen molar-refractivity contribution in [2.45, 2.75) is 58.4 Å². The van der Waals surface area contributed by atoms with Crippen molar-refractivity contribution in [3.63, 3.8) is 0 Å². The number of hydrogen-bond acceptors (Lipinski definition) is 2. The Bertz CT molecular complexity index is 473. The van der Waals surface area contributed by atoms with Crippen LogP contribution in [0.15, 0.2) is 0 Å². The lowest BCUT2D eigenvalue weighted by Crippen LogP contribution is -2.17. The molecule has 98 valence electrons. The number of benzene rings is 1.